The largest absolute Gasteiger partial charge is 0.272 e. The molecule has 7 rings (SSSR count). The lowest BCUT2D eigenvalue weighted by molar-refractivity contribution is 0.0532. The van der Waals surface area contributed by atoms with E-state index in [1.54, 1.807) is 12.1 Å². The monoisotopic (exact) mass is 658 g/mol. The van der Waals surface area contributed by atoms with E-state index in [-0.39, 0.29) is 35.7 Å². The van der Waals surface area contributed by atoms with Crippen LogP contribution in [0.3, 0.4) is 0 Å². The highest BCUT2D eigenvalue weighted by molar-refractivity contribution is 9.11. The second-order valence-corrected chi connectivity index (χ2v) is 12.6. The average Bonchev–Trinajstić information content (AvgIpc) is 2.94. The molecule has 0 saturated carbocycles. The molecule has 2 heterocycles. The van der Waals surface area contributed by atoms with Crippen LogP contribution in [0.1, 0.15) is 82.0 Å². The van der Waals surface area contributed by atoms with Gasteiger partial charge in [-0.25, -0.2) is 0 Å². The van der Waals surface area contributed by atoms with Crippen molar-refractivity contribution in [2.75, 3.05) is 0 Å². The molecule has 2 unspecified atom stereocenters. The van der Waals surface area contributed by atoms with Crippen LogP contribution in [0.25, 0.3) is 43.1 Å². The van der Waals surface area contributed by atoms with Crippen molar-refractivity contribution in [1.82, 2.24) is 9.80 Å². The minimum absolute atomic E-state index is 0.231. The molecule has 8 heteroatoms. The predicted molar refractivity (Wildman–Crippen MR) is 164 cm³/mol. The maximum Gasteiger partial charge on any atom is 0.261 e. The van der Waals surface area contributed by atoms with Crippen molar-refractivity contribution >= 4 is 98.6 Å². The molecule has 0 aliphatic carbocycles. The van der Waals surface area contributed by atoms with Gasteiger partial charge in [-0.2, -0.15) is 0 Å². The van der Waals surface area contributed by atoms with Gasteiger partial charge in [-0.15, -0.1) is 0 Å². The van der Waals surface area contributed by atoms with Crippen molar-refractivity contribution in [1.29, 1.82) is 0 Å². The van der Waals surface area contributed by atoms with Crippen LogP contribution in [-0.4, -0.2) is 45.5 Å². The fourth-order valence-corrected chi connectivity index (χ4v) is 7.85. The molecule has 4 amide bonds. The Morgan fingerprint density at radius 3 is 1.25 bits per heavy atom. The van der Waals surface area contributed by atoms with Crippen molar-refractivity contribution < 1.29 is 19.2 Å². The zero-order chi connectivity index (χ0) is 28.4. The quantitative estimate of drug-likeness (QED) is 0.111. The van der Waals surface area contributed by atoms with Gasteiger partial charge in [-0.3, -0.25) is 29.0 Å². The van der Waals surface area contributed by atoms with Gasteiger partial charge in [0.1, 0.15) is 0 Å². The smallest absolute Gasteiger partial charge is 0.261 e. The molecule has 0 N–H and O–H groups in total. The Bertz CT molecular complexity index is 1890. The van der Waals surface area contributed by atoms with Crippen LogP contribution in [0.5, 0.6) is 0 Å². The molecule has 40 heavy (non-hydrogen) atoms. The molecule has 0 fully saturated rings. The summed E-state index contributed by atoms with van der Waals surface area (Å²) in [4.78, 5) is 57.5. The highest BCUT2D eigenvalue weighted by atomic mass is 79.9. The van der Waals surface area contributed by atoms with E-state index in [2.05, 4.69) is 31.9 Å². The number of rotatable bonds is 4. The van der Waals surface area contributed by atoms with E-state index in [9.17, 15) is 19.2 Å². The predicted octanol–water partition coefficient (Wildman–Crippen LogP) is 8.05. The van der Waals surface area contributed by atoms with Crippen molar-refractivity contribution in [2.45, 2.75) is 52.6 Å². The first-order valence-corrected chi connectivity index (χ1v) is 15.1. The van der Waals surface area contributed by atoms with Gasteiger partial charge in [-0.05, 0) is 61.7 Å². The van der Waals surface area contributed by atoms with E-state index in [0.717, 1.165) is 41.3 Å². The molecule has 5 aromatic rings. The maximum atomic E-state index is 13.7. The zero-order valence-electron chi connectivity index (χ0n) is 22.3. The third kappa shape index (κ3) is 2.98. The van der Waals surface area contributed by atoms with Gasteiger partial charge in [0, 0.05) is 75.6 Å². The van der Waals surface area contributed by atoms with Crippen LogP contribution in [0.4, 0.5) is 0 Å². The summed E-state index contributed by atoms with van der Waals surface area (Å²) < 4.78 is 1.44. The molecule has 0 bridgehead atoms. The molecular formula is C32H24Br2N2O4. The topological polar surface area (TPSA) is 74.8 Å². The van der Waals surface area contributed by atoms with Crippen LogP contribution in [0, 0.1) is 0 Å². The Kier molecular flexibility index (Phi) is 5.48. The maximum absolute atomic E-state index is 13.7. The summed E-state index contributed by atoms with van der Waals surface area (Å²) in [5.41, 5.74) is 1.98. The summed E-state index contributed by atoms with van der Waals surface area (Å²) >= 11 is 7.52. The van der Waals surface area contributed by atoms with Gasteiger partial charge in [0.05, 0.1) is 0 Å². The van der Waals surface area contributed by atoms with Crippen LogP contribution in [-0.2, 0) is 0 Å². The lowest BCUT2D eigenvalue weighted by atomic mass is 9.82. The van der Waals surface area contributed by atoms with Gasteiger partial charge in [0.25, 0.3) is 23.6 Å². The second kappa shape index (κ2) is 8.57. The molecule has 0 saturated heterocycles. The Morgan fingerprint density at radius 1 is 0.550 bits per heavy atom. The molecule has 2 atom stereocenters. The molecule has 5 aromatic carbocycles. The molecule has 0 radical (unpaired) electrons. The number of carbonyl (C=O) groups is 4. The minimum atomic E-state index is -0.298. The third-order valence-corrected chi connectivity index (χ3v) is 10.1. The summed E-state index contributed by atoms with van der Waals surface area (Å²) in [5.74, 6) is -1.17. The third-order valence-electron chi connectivity index (χ3n) is 8.87. The highest BCUT2D eigenvalue weighted by Gasteiger charge is 2.39. The van der Waals surface area contributed by atoms with Crippen LogP contribution in [0.15, 0.2) is 45.3 Å². The number of hydrogen-bond donors (Lipinski definition) is 0. The number of imide groups is 2. The van der Waals surface area contributed by atoms with E-state index in [1.165, 1.54) is 9.80 Å². The van der Waals surface area contributed by atoms with Gasteiger partial charge >= 0.3 is 0 Å². The SMILES string of the molecule is CCC(C)N1C(=O)c2ccc3c4c(Br)cc5c6c(ccc(c7c(Br)cc(c2c37)C1=O)c64)C(=O)N(C(C)CC)C5=O. The molecule has 6 nitrogen and oxygen atoms in total. The molecular weight excluding hydrogens is 636 g/mol. The molecule has 0 aromatic heterocycles. The Balaban J connectivity index is 1.66. The molecule has 0 spiro atoms. The first-order valence-electron chi connectivity index (χ1n) is 13.5. The van der Waals surface area contributed by atoms with Crippen molar-refractivity contribution in [3.8, 4) is 0 Å². The zero-order valence-corrected chi connectivity index (χ0v) is 25.5. The number of amides is 4. The summed E-state index contributed by atoms with van der Waals surface area (Å²) in [5, 5.41) is 6.32. The van der Waals surface area contributed by atoms with E-state index < -0.39 is 0 Å². The van der Waals surface area contributed by atoms with E-state index in [1.807, 2.05) is 52.0 Å². The van der Waals surface area contributed by atoms with E-state index in [4.69, 9.17) is 0 Å². The van der Waals surface area contributed by atoms with Crippen LogP contribution in [0.2, 0.25) is 0 Å². The normalized spacial score (nSPS) is 16.9. The lowest BCUT2D eigenvalue weighted by Crippen LogP contribution is -2.45. The molecule has 2 aliphatic heterocycles. The average molecular weight is 660 g/mol. The van der Waals surface area contributed by atoms with Crippen LogP contribution >= 0.6 is 31.9 Å². The van der Waals surface area contributed by atoms with Crippen molar-refractivity contribution in [2.24, 2.45) is 0 Å². The molecule has 200 valence electrons. The first-order chi connectivity index (χ1) is 19.1. The Hall–Kier alpha value is -3.36. The number of fused-ring (bicyclic) bond motifs is 2. The van der Waals surface area contributed by atoms with Gasteiger partial charge in [-0.1, -0.05) is 57.8 Å². The molecule has 2 aliphatic rings. The van der Waals surface area contributed by atoms with Gasteiger partial charge in [0.2, 0.25) is 0 Å². The second-order valence-electron chi connectivity index (χ2n) is 10.9. The fraction of sp³-hybridized carbons (Fsp3) is 0.250. The van der Waals surface area contributed by atoms with E-state index >= 15 is 0 Å². The Labute approximate surface area is 246 Å². The Morgan fingerprint density at radius 2 is 0.900 bits per heavy atom. The summed E-state index contributed by atoms with van der Waals surface area (Å²) in [7, 11) is 0. The first kappa shape index (κ1) is 25.6. The fourth-order valence-electron chi connectivity index (χ4n) is 6.57. The van der Waals surface area contributed by atoms with Crippen molar-refractivity contribution in [3.63, 3.8) is 0 Å². The number of benzene rings is 5. The minimum Gasteiger partial charge on any atom is -0.272 e. The number of hydrogen-bond acceptors (Lipinski definition) is 4. The number of carbonyl (C=O) groups excluding carboxylic acids is 4. The van der Waals surface area contributed by atoms with Gasteiger partial charge in [0.15, 0.2) is 0 Å². The summed E-state index contributed by atoms with van der Waals surface area (Å²) in [6.07, 6.45) is 1.32. The lowest BCUT2D eigenvalue weighted by Gasteiger charge is -2.33. The van der Waals surface area contributed by atoms with Crippen molar-refractivity contribution in [3.05, 3.63) is 67.6 Å². The van der Waals surface area contributed by atoms with Gasteiger partial charge < -0.3 is 0 Å². The number of halogens is 2. The number of nitrogens with zero attached hydrogens (tertiary/aromatic N) is 2. The highest BCUT2D eigenvalue weighted by Crippen LogP contribution is 2.50. The standard InChI is InChI=1S/C32H24Br2N2O4/c1-5-13(3)35-29(37)17-9-7-15-26-22(34)12-20-24-18(30(38)36(32(20)40)14(4)6-2)10-8-16(28(24)26)25-21(33)11-19(31(35)39)23(17)27(15)25/h7-14H,5-6H2,1-4H3. The summed E-state index contributed by atoms with van der Waals surface area (Å²) in [6.45, 7) is 7.69. The van der Waals surface area contributed by atoms with E-state index in [0.29, 0.717) is 45.9 Å². The van der Waals surface area contributed by atoms with Crippen LogP contribution < -0.4 is 0 Å². The summed E-state index contributed by atoms with van der Waals surface area (Å²) in [6, 6.07) is 10.6.